The Bertz CT molecular complexity index is 975. The lowest BCUT2D eigenvalue weighted by atomic mass is 10.1. The van der Waals surface area contributed by atoms with Crippen LogP contribution in [0.25, 0.3) is 11.3 Å². The smallest absolute Gasteiger partial charge is 0.255 e. The fourth-order valence-electron chi connectivity index (χ4n) is 2.54. The van der Waals surface area contributed by atoms with Crippen molar-refractivity contribution in [3.8, 4) is 17.0 Å². The second-order valence-corrected chi connectivity index (χ2v) is 6.47. The number of H-pyrrole nitrogens is 1. The minimum atomic E-state index is -0.431. The summed E-state index contributed by atoms with van der Waals surface area (Å²) in [6, 6.07) is 9.25. The number of halogens is 3. The van der Waals surface area contributed by atoms with Gasteiger partial charge in [-0.1, -0.05) is 29.3 Å². The van der Waals surface area contributed by atoms with Gasteiger partial charge in [0.15, 0.2) is 0 Å². The topological polar surface area (TPSA) is 67.0 Å². The molecule has 0 saturated heterocycles. The highest BCUT2D eigenvalue weighted by Crippen LogP contribution is 2.31. The predicted molar refractivity (Wildman–Crippen MR) is 103 cm³/mol. The Kier molecular flexibility index (Phi) is 5.98. The first kappa shape index (κ1) is 19.2. The monoisotopic (exact) mass is 407 g/mol. The van der Waals surface area contributed by atoms with E-state index in [2.05, 4.69) is 15.5 Å². The number of nitrogens with one attached hydrogen (secondary N) is 2. The van der Waals surface area contributed by atoms with Gasteiger partial charge in [0.1, 0.15) is 11.6 Å². The van der Waals surface area contributed by atoms with Gasteiger partial charge >= 0.3 is 0 Å². The summed E-state index contributed by atoms with van der Waals surface area (Å²) in [5, 5.41) is 10.2. The first-order valence-electron chi connectivity index (χ1n) is 8.17. The molecule has 0 saturated carbocycles. The van der Waals surface area contributed by atoms with Crippen molar-refractivity contribution >= 4 is 29.1 Å². The van der Waals surface area contributed by atoms with E-state index >= 15 is 0 Å². The van der Waals surface area contributed by atoms with Gasteiger partial charge in [-0.2, -0.15) is 5.10 Å². The van der Waals surface area contributed by atoms with Crippen LogP contribution in [0.3, 0.4) is 0 Å². The maximum Gasteiger partial charge on any atom is 0.255 e. The summed E-state index contributed by atoms with van der Waals surface area (Å²) in [4.78, 5) is 12.6. The number of rotatable bonds is 6. The standard InChI is InChI=1S/C19H16Cl2FN3O2/c1-2-27-17-6-4-11(7-16(17)21)18-14(10-24-25-18)19(26)23-9-12-3-5-13(22)8-15(12)20/h3-8,10H,2,9H2,1H3,(H,23,26)(H,24,25). The Morgan fingerprint density at radius 1 is 1.22 bits per heavy atom. The number of aromatic amines is 1. The van der Waals surface area contributed by atoms with Gasteiger partial charge < -0.3 is 10.1 Å². The minimum absolute atomic E-state index is 0.159. The van der Waals surface area contributed by atoms with Gasteiger partial charge in [-0.05, 0) is 42.8 Å². The number of ether oxygens (including phenoxy) is 1. The largest absolute Gasteiger partial charge is 0.492 e. The highest BCUT2D eigenvalue weighted by Gasteiger charge is 2.17. The number of aromatic nitrogens is 2. The van der Waals surface area contributed by atoms with Gasteiger partial charge in [0.05, 0.1) is 29.1 Å². The number of nitrogens with zero attached hydrogens (tertiary/aromatic N) is 1. The second-order valence-electron chi connectivity index (χ2n) is 5.66. The number of hydrogen-bond donors (Lipinski definition) is 2. The molecule has 0 fully saturated rings. The summed E-state index contributed by atoms with van der Waals surface area (Å²) in [6.07, 6.45) is 1.43. The van der Waals surface area contributed by atoms with Crippen LogP contribution in [0.15, 0.2) is 42.6 Å². The lowest BCUT2D eigenvalue weighted by Crippen LogP contribution is -2.23. The zero-order valence-corrected chi connectivity index (χ0v) is 15.9. The molecule has 0 unspecified atom stereocenters. The molecule has 140 valence electrons. The van der Waals surface area contributed by atoms with E-state index in [0.717, 1.165) is 0 Å². The summed E-state index contributed by atoms with van der Waals surface area (Å²) in [7, 11) is 0. The van der Waals surface area contributed by atoms with Gasteiger partial charge in [0, 0.05) is 17.1 Å². The third kappa shape index (κ3) is 4.40. The first-order valence-corrected chi connectivity index (χ1v) is 8.93. The lowest BCUT2D eigenvalue weighted by molar-refractivity contribution is 0.0951. The quantitative estimate of drug-likeness (QED) is 0.613. The third-order valence-corrected chi connectivity index (χ3v) is 4.51. The summed E-state index contributed by atoms with van der Waals surface area (Å²) < 4.78 is 18.5. The molecule has 1 heterocycles. The molecular weight excluding hydrogens is 392 g/mol. The van der Waals surface area contributed by atoms with Crippen molar-refractivity contribution in [2.75, 3.05) is 6.61 Å². The number of amides is 1. The highest BCUT2D eigenvalue weighted by molar-refractivity contribution is 6.32. The van der Waals surface area contributed by atoms with E-state index in [9.17, 15) is 9.18 Å². The van der Waals surface area contributed by atoms with Crippen molar-refractivity contribution in [2.45, 2.75) is 13.5 Å². The Balaban J connectivity index is 1.78. The van der Waals surface area contributed by atoms with Crippen molar-refractivity contribution in [3.63, 3.8) is 0 Å². The molecule has 5 nitrogen and oxygen atoms in total. The van der Waals surface area contributed by atoms with Crippen LogP contribution in [0.2, 0.25) is 10.0 Å². The summed E-state index contributed by atoms with van der Waals surface area (Å²) >= 11 is 12.2. The van der Waals surface area contributed by atoms with E-state index in [0.29, 0.717) is 39.8 Å². The summed E-state index contributed by atoms with van der Waals surface area (Å²) in [5.41, 5.74) is 2.20. The van der Waals surface area contributed by atoms with Gasteiger partial charge in [-0.15, -0.1) is 0 Å². The number of carbonyl (C=O) groups excluding carboxylic acids is 1. The van der Waals surface area contributed by atoms with Crippen molar-refractivity contribution in [1.29, 1.82) is 0 Å². The predicted octanol–water partition coefficient (Wildman–Crippen LogP) is 4.85. The zero-order valence-electron chi connectivity index (χ0n) is 14.4. The fourth-order valence-corrected chi connectivity index (χ4v) is 3.01. The average molecular weight is 408 g/mol. The number of hydrogen-bond acceptors (Lipinski definition) is 3. The molecule has 3 rings (SSSR count). The van der Waals surface area contributed by atoms with Crippen molar-refractivity contribution in [2.24, 2.45) is 0 Å². The molecule has 0 aliphatic carbocycles. The Morgan fingerprint density at radius 2 is 2.04 bits per heavy atom. The molecule has 0 bridgehead atoms. The third-order valence-electron chi connectivity index (χ3n) is 3.86. The fraction of sp³-hybridized carbons (Fsp3) is 0.158. The van der Waals surface area contributed by atoms with Crippen molar-refractivity contribution < 1.29 is 13.9 Å². The lowest BCUT2D eigenvalue weighted by Gasteiger charge is -2.09. The normalized spacial score (nSPS) is 10.7. The Morgan fingerprint density at radius 3 is 2.74 bits per heavy atom. The van der Waals surface area contributed by atoms with Crippen LogP contribution < -0.4 is 10.1 Å². The summed E-state index contributed by atoms with van der Waals surface area (Å²) in [5.74, 6) is -0.205. The van der Waals surface area contributed by atoms with Gasteiger partial charge in [0.25, 0.3) is 5.91 Å². The molecule has 0 atom stereocenters. The molecule has 0 radical (unpaired) electrons. The van der Waals surface area contributed by atoms with Crippen LogP contribution >= 0.6 is 23.2 Å². The van der Waals surface area contributed by atoms with E-state index in [1.54, 1.807) is 18.2 Å². The highest BCUT2D eigenvalue weighted by atomic mass is 35.5. The molecule has 1 aromatic heterocycles. The molecule has 0 aliphatic rings. The van der Waals surface area contributed by atoms with E-state index < -0.39 is 5.82 Å². The molecule has 0 aliphatic heterocycles. The Labute approximate surface area is 165 Å². The van der Waals surface area contributed by atoms with E-state index in [1.165, 1.54) is 24.4 Å². The minimum Gasteiger partial charge on any atom is -0.492 e. The second kappa shape index (κ2) is 8.41. The molecule has 1 amide bonds. The molecule has 3 aromatic rings. The van der Waals surface area contributed by atoms with E-state index in [4.69, 9.17) is 27.9 Å². The van der Waals surface area contributed by atoms with Crippen molar-refractivity contribution in [3.05, 3.63) is 69.6 Å². The molecule has 27 heavy (non-hydrogen) atoms. The van der Waals surface area contributed by atoms with E-state index in [1.807, 2.05) is 6.92 Å². The summed E-state index contributed by atoms with van der Waals surface area (Å²) in [6.45, 7) is 2.53. The average Bonchev–Trinajstić information content (AvgIpc) is 3.12. The zero-order chi connectivity index (χ0) is 19.4. The van der Waals surface area contributed by atoms with Gasteiger partial charge in [-0.3, -0.25) is 9.89 Å². The molecule has 8 heteroatoms. The molecule has 2 aromatic carbocycles. The maximum absolute atomic E-state index is 13.1. The van der Waals surface area contributed by atoms with Crippen LogP contribution in [0.4, 0.5) is 4.39 Å². The molecule has 2 N–H and O–H groups in total. The maximum atomic E-state index is 13.1. The van der Waals surface area contributed by atoms with E-state index in [-0.39, 0.29) is 17.5 Å². The molecule has 0 spiro atoms. The van der Waals surface area contributed by atoms with Gasteiger partial charge in [-0.25, -0.2) is 4.39 Å². The molecular formula is C19H16Cl2FN3O2. The first-order chi connectivity index (χ1) is 13.0. The van der Waals surface area contributed by atoms with Crippen LogP contribution in [0.1, 0.15) is 22.8 Å². The Hall–Kier alpha value is -2.57. The number of carbonyl (C=O) groups is 1. The number of benzene rings is 2. The van der Waals surface area contributed by atoms with Gasteiger partial charge in [0.2, 0.25) is 0 Å². The van der Waals surface area contributed by atoms with Crippen molar-refractivity contribution in [1.82, 2.24) is 15.5 Å². The van der Waals surface area contributed by atoms with Crippen LogP contribution in [0, 0.1) is 5.82 Å². The SMILES string of the molecule is CCOc1ccc(-c2[nH]ncc2C(=O)NCc2ccc(F)cc2Cl)cc1Cl. The van der Waals surface area contributed by atoms with Crippen LogP contribution in [0.5, 0.6) is 5.75 Å². The van der Waals surface area contributed by atoms with Crippen LogP contribution in [-0.4, -0.2) is 22.7 Å². The van der Waals surface area contributed by atoms with Crippen LogP contribution in [-0.2, 0) is 6.54 Å².